The summed E-state index contributed by atoms with van der Waals surface area (Å²) in [6, 6.07) is 26.9. The van der Waals surface area contributed by atoms with Crippen LogP contribution in [0.4, 0.5) is 0 Å². The summed E-state index contributed by atoms with van der Waals surface area (Å²) < 4.78 is 3.17. The van der Waals surface area contributed by atoms with Gasteiger partial charge in [-0.15, -0.1) is 0 Å². The fourth-order valence-electron chi connectivity index (χ4n) is 3.59. The van der Waals surface area contributed by atoms with E-state index >= 15 is 0 Å². The Balaban J connectivity index is 1.69. The first-order valence-electron chi connectivity index (χ1n) is 11.7. The average molecular weight is 826 g/mol. The highest BCUT2D eigenvalue weighted by molar-refractivity contribution is 9.11. The van der Waals surface area contributed by atoms with E-state index in [1.165, 1.54) is 0 Å². The van der Waals surface area contributed by atoms with Crippen LogP contribution in [0.5, 0.6) is 0 Å². The van der Waals surface area contributed by atoms with E-state index in [4.69, 9.17) is 0 Å². The average Bonchev–Trinajstić information content (AvgIpc) is 2.96. The predicted octanol–water partition coefficient (Wildman–Crippen LogP) is 9.69. The molecule has 0 amide bonds. The normalized spacial score (nSPS) is 11.1. The molecule has 0 spiro atoms. The van der Waals surface area contributed by atoms with Gasteiger partial charge in [-0.2, -0.15) is 0 Å². The third-order valence-corrected chi connectivity index (χ3v) is 10.7. The van der Waals surface area contributed by atoms with Gasteiger partial charge in [0.25, 0.3) is 0 Å². The lowest BCUT2D eigenvalue weighted by atomic mass is 10.0. The number of halogens is 4. The molecule has 0 fully saturated rings. The summed E-state index contributed by atoms with van der Waals surface area (Å²) in [6.07, 6.45) is 0. The number of ketones is 4. The Bertz CT molecular complexity index is 1310. The van der Waals surface area contributed by atoms with E-state index < -0.39 is 33.6 Å². The number of benzene rings is 4. The van der Waals surface area contributed by atoms with Gasteiger partial charge in [-0.3, -0.25) is 19.2 Å². The second-order valence-corrected chi connectivity index (χ2v) is 14.6. The second-order valence-electron chi connectivity index (χ2n) is 8.44. The Morgan fingerprint density at radius 1 is 0.375 bits per heavy atom. The van der Waals surface area contributed by atoms with Gasteiger partial charge >= 0.3 is 0 Å². The van der Waals surface area contributed by atoms with Gasteiger partial charge in [0, 0.05) is 40.1 Å². The van der Waals surface area contributed by atoms with Crippen LogP contribution in [0.1, 0.15) is 41.4 Å². The topological polar surface area (TPSA) is 68.3 Å². The third kappa shape index (κ3) is 7.92. The number of carbonyl (C=O) groups is 4. The summed E-state index contributed by atoms with van der Waals surface area (Å²) in [4.78, 5) is 54.6. The van der Waals surface area contributed by atoms with Gasteiger partial charge in [-0.1, -0.05) is 134 Å². The van der Waals surface area contributed by atoms with E-state index in [1.54, 1.807) is 97.1 Å². The number of hydrogen-bond acceptors (Lipinski definition) is 6. The fraction of sp³-hybridized carbons (Fsp3) is 0.0667. The largest absolute Gasteiger partial charge is 0.292 e. The zero-order valence-electron chi connectivity index (χ0n) is 20.4. The predicted molar refractivity (Wildman–Crippen MR) is 177 cm³/mol. The zero-order chi connectivity index (χ0) is 28.8. The molecule has 4 rings (SSSR count). The van der Waals surface area contributed by atoms with Crippen LogP contribution in [0.3, 0.4) is 0 Å². The van der Waals surface area contributed by atoms with Crippen LogP contribution in [0.15, 0.2) is 115 Å². The SMILES string of the molecule is O=C(c1ccc(Br)cc1)C(SSC(C(=O)c1ccc(Br)cc1)C(=O)c1ccc(Br)cc1)C(=O)c1ccc(Br)cc1. The van der Waals surface area contributed by atoms with Crippen molar-refractivity contribution < 1.29 is 19.2 Å². The summed E-state index contributed by atoms with van der Waals surface area (Å²) in [7, 11) is 1.86. The van der Waals surface area contributed by atoms with Crippen LogP contribution < -0.4 is 0 Å². The van der Waals surface area contributed by atoms with Gasteiger partial charge < -0.3 is 0 Å². The first-order chi connectivity index (χ1) is 19.1. The summed E-state index contributed by atoms with van der Waals surface area (Å²) >= 11 is 13.5. The summed E-state index contributed by atoms with van der Waals surface area (Å²) in [5, 5.41) is -2.38. The minimum absolute atomic E-state index is 0.349. The monoisotopic (exact) mass is 822 g/mol. The lowest BCUT2D eigenvalue weighted by molar-refractivity contribution is 0.0886. The van der Waals surface area contributed by atoms with Crippen molar-refractivity contribution in [2.24, 2.45) is 0 Å². The summed E-state index contributed by atoms with van der Waals surface area (Å²) in [5.41, 5.74) is 1.40. The summed E-state index contributed by atoms with van der Waals surface area (Å²) in [6.45, 7) is 0. The molecule has 4 nitrogen and oxygen atoms in total. The molecule has 4 aromatic rings. The van der Waals surface area contributed by atoms with Crippen molar-refractivity contribution in [3.63, 3.8) is 0 Å². The number of carbonyl (C=O) groups excluding carboxylic acids is 4. The minimum atomic E-state index is -1.19. The maximum Gasteiger partial charge on any atom is 0.184 e. The maximum atomic E-state index is 13.6. The first-order valence-corrected chi connectivity index (χ1v) is 17.1. The maximum absolute atomic E-state index is 13.6. The molecule has 0 N–H and O–H groups in total. The molecule has 0 bridgehead atoms. The van der Waals surface area contributed by atoms with Crippen LogP contribution in [-0.4, -0.2) is 33.6 Å². The van der Waals surface area contributed by atoms with Crippen molar-refractivity contribution >= 4 is 108 Å². The van der Waals surface area contributed by atoms with Crippen LogP contribution in [-0.2, 0) is 0 Å². The molecule has 0 heterocycles. The minimum Gasteiger partial charge on any atom is -0.292 e. The molecule has 40 heavy (non-hydrogen) atoms. The van der Waals surface area contributed by atoms with E-state index in [9.17, 15) is 19.2 Å². The van der Waals surface area contributed by atoms with E-state index in [-0.39, 0.29) is 0 Å². The lowest BCUT2D eigenvalue weighted by Crippen LogP contribution is -2.30. The van der Waals surface area contributed by atoms with Gasteiger partial charge in [0.1, 0.15) is 10.5 Å². The van der Waals surface area contributed by atoms with Crippen molar-refractivity contribution in [1.29, 1.82) is 0 Å². The highest BCUT2D eigenvalue weighted by Gasteiger charge is 2.35. The van der Waals surface area contributed by atoms with Crippen molar-refractivity contribution in [3.05, 3.63) is 137 Å². The Kier molecular flexibility index (Phi) is 11.2. The summed E-state index contributed by atoms with van der Waals surface area (Å²) in [5.74, 6) is -1.65. The van der Waals surface area contributed by atoms with Crippen LogP contribution >= 0.6 is 85.3 Å². The zero-order valence-corrected chi connectivity index (χ0v) is 28.3. The molecule has 0 aliphatic rings. The molecule has 0 atom stereocenters. The molecular weight excluding hydrogens is 808 g/mol. The van der Waals surface area contributed by atoms with Crippen molar-refractivity contribution in [2.75, 3.05) is 0 Å². The van der Waals surface area contributed by atoms with Gasteiger partial charge in [0.15, 0.2) is 23.1 Å². The Labute approximate surface area is 273 Å². The molecule has 0 unspecified atom stereocenters. The highest BCUT2D eigenvalue weighted by Crippen LogP contribution is 2.38. The van der Waals surface area contributed by atoms with Crippen LogP contribution in [0.25, 0.3) is 0 Å². The third-order valence-electron chi connectivity index (χ3n) is 5.72. The molecule has 0 aliphatic carbocycles. The molecule has 0 saturated heterocycles. The molecule has 202 valence electrons. The molecule has 0 aromatic heterocycles. The van der Waals surface area contributed by atoms with E-state index in [0.717, 1.165) is 39.5 Å². The van der Waals surface area contributed by atoms with Gasteiger partial charge in [0.05, 0.1) is 0 Å². The number of Topliss-reactive ketones (excluding diaryl/α,β-unsaturated/α-hetero) is 4. The van der Waals surface area contributed by atoms with Gasteiger partial charge in [-0.05, 0) is 48.5 Å². The highest BCUT2D eigenvalue weighted by atomic mass is 79.9. The number of hydrogen-bond donors (Lipinski definition) is 0. The molecule has 0 aliphatic heterocycles. The lowest BCUT2D eigenvalue weighted by Gasteiger charge is -2.19. The fourth-order valence-corrected chi connectivity index (χ4v) is 7.48. The molecule has 0 radical (unpaired) electrons. The van der Waals surface area contributed by atoms with E-state index in [0.29, 0.717) is 22.3 Å². The standard InChI is InChI=1S/C30H18Br4O4S2/c31-21-9-1-17(2-10-21)25(35)29(26(36)18-3-11-22(32)12-4-18)39-40-30(27(37)19-5-13-23(33)14-6-19)28(38)20-7-15-24(34)16-8-20/h1-16,29-30H. The van der Waals surface area contributed by atoms with Crippen LogP contribution in [0, 0.1) is 0 Å². The second kappa shape index (κ2) is 14.4. The molecule has 4 aromatic carbocycles. The van der Waals surface area contributed by atoms with E-state index in [2.05, 4.69) is 63.7 Å². The van der Waals surface area contributed by atoms with Gasteiger partial charge in [-0.25, -0.2) is 0 Å². The van der Waals surface area contributed by atoms with Crippen molar-refractivity contribution in [1.82, 2.24) is 0 Å². The Hall–Kier alpha value is -1.82. The van der Waals surface area contributed by atoms with E-state index in [1.807, 2.05) is 0 Å². The van der Waals surface area contributed by atoms with Crippen LogP contribution in [0.2, 0.25) is 0 Å². The van der Waals surface area contributed by atoms with Gasteiger partial charge in [0.2, 0.25) is 0 Å². The van der Waals surface area contributed by atoms with Crippen molar-refractivity contribution in [3.8, 4) is 0 Å². The molecule has 10 heteroatoms. The smallest absolute Gasteiger partial charge is 0.184 e. The molecular formula is C30H18Br4O4S2. The Morgan fingerprint density at radius 2 is 0.550 bits per heavy atom. The first kappa shape index (κ1) is 31.1. The quantitative estimate of drug-likeness (QED) is 0.0853. The van der Waals surface area contributed by atoms with Crippen molar-refractivity contribution in [2.45, 2.75) is 10.5 Å². The number of rotatable bonds is 11. The molecule has 0 saturated carbocycles. The Morgan fingerprint density at radius 3 is 0.725 bits per heavy atom.